The summed E-state index contributed by atoms with van der Waals surface area (Å²) in [4.78, 5) is 12.2. The number of rotatable bonds is 4. The van der Waals surface area contributed by atoms with Crippen molar-refractivity contribution in [3.05, 3.63) is 63.6 Å². The highest BCUT2D eigenvalue weighted by molar-refractivity contribution is 6.42. The maximum absolute atomic E-state index is 12.2. The Hall–Kier alpha value is -2.48. The molecule has 0 aliphatic heterocycles. The predicted molar refractivity (Wildman–Crippen MR) is 91.7 cm³/mol. The third-order valence-electron chi connectivity index (χ3n) is 2.95. The average Bonchev–Trinajstić information content (AvgIpc) is 2.55. The zero-order valence-corrected chi connectivity index (χ0v) is 13.7. The summed E-state index contributed by atoms with van der Waals surface area (Å²) in [6.45, 7) is 0. The van der Waals surface area contributed by atoms with Crippen LogP contribution in [-0.4, -0.2) is 13.0 Å². The molecule has 0 heterocycles. The van der Waals surface area contributed by atoms with E-state index in [1.807, 2.05) is 6.07 Å². The molecule has 1 amide bonds. The van der Waals surface area contributed by atoms with Gasteiger partial charge in [-0.1, -0.05) is 35.3 Å². The topological polar surface area (TPSA) is 62.1 Å². The number of carbonyl (C=O) groups excluding carboxylic acids is 1. The average molecular weight is 347 g/mol. The largest absolute Gasteiger partial charge is 0.497 e. The number of nitriles is 1. The van der Waals surface area contributed by atoms with Crippen molar-refractivity contribution in [3.8, 4) is 11.8 Å². The summed E-state index contributed by atoms with van der Waals surface area (Å²) in [7, 11) is 1.53. The molecule has 0 spiro atoms. The number of carbonyl (C=O) groups is 1. The molecule has 2 rings (SSSR count). The van der Waals surface area contributed by atoms with Crippen LogP contribution in [-0.2, 0) is 4.79 Å². The Kier molecular flexibility index (Phi) is 5.64. The van der Waals surface area contributed by atoms with Gasteiger partial charge in [-0.3, -0.25) is 4.79 Å². The number of nitrogens with one attached hydrogen (secondary N) is 1. The van der Waals surface area contributed by atoms with Crippen molar-refractivity contribution >= 4 is 40.9 Å². The van der Waals surface area contributed by atoms with Gasteiger partial charge < -0.3 is 10.1 Å². The van der Waals surface area contributed by atoms with E-state index in [9.17, 15) is 10.1 Å². The first-order chi connectivity index (χ1) is 11.0. The lowest BCUT2D eigenvalue weighted by atomic mass is 10.1. The standard InChI is InChI=1S/C17H12Cl2N2O2/c1-23-14-4-2-3-13(9-14)21-17(22)12(10-20)7-11-5-6-15(18)16(19)8-11/h2-9H,1H3,(H,21,22)/b12-7+. The molecule has 23 heavy (non-hydrogen) atoms. The van der Waals surface area contributed by atoms with Gasteiger partial charge in [-0.25, -0.2) is 0 Å². The fraction of sp³-hybridized carbons (Fsp3) is 0.0588. The molecule has 0 bridgehead atoms. The van der Waals surface area contributed by atoms with E-state index in [0.29, 0.717) is 27.0 Å². The number of benzene rings is 2. The van der Waals surface area contributed by atoms with Crippen LogP contribution >= 0.6 is 23.2 Å². The van der Waals surface area contributed by atoms with Gasteiger partial charge in [-0.15, -0.1) is 0 Å². The lowest BCUT2D eigenvalue weighted by Gasteiger charge is -2.06. The Bertz CT molecular complexity index is 810. The van der Waals surface area contributed by atoms with Crippen molar-refractivity contribution < 1.29 is 9.53 Å². The third kappa shape index (κ3) is 4.49. The van der Waals surface area contributed by atoms with Crippen LogP contribution in [0.15, 0.2) is 48.0 Å². The zero-order valence-electron chi connectivity index (χ0n) is 12.1. The van der Waals surface area contributed by atoms with Gasteiger partial charge in [0, 0.05) is 11.8 Å². The molecular formula is C17H12Cl2N2O2. The number of hydrogen-bond acceptors (Lipinski definition) is 3. The molecule has 6 heteroatoms. The van der Waals surface area contributed by atoms with Gasteiger partial charge in [0.2, 0.25) is 0 Å². The van der Waals surface area contributed by atoms with Crippen molar-refractivity contribution in [2.75, 3.05) is 12.4 Å². The van der Waals surface area contributed by atoms with Crippen molar-refractivity contribution in [2.24, 2.45) is 0 Å². The number of methoxy groups -OCH3 is 1. The van der Waals surface area contributed by atoms with Crippen molar-refractivity contribution in [1.29, 1.82) is 5.26 Å². The quantitative estimate of drug-likeness (QED) is 0.652. The molecule has 0 fully saturated rings. The van der Waals surface area contributed by atoms with Gasteiger partial charge in [0.25, 0.3) is 5.91 Å². The van der Waals surface area contributed by atoms with E-state index in [1.165, 1.54) is 13.2 Å². The highest BCUT2D eigenvalue weighted by Crippen LogP contribution is 2.24. The molecule has 1 N–H and O–H groups in total. The van der Waals surface area contributed by atoms with Gasteiger partial charge in [-0.05, 0) is 35.9 Å². The predicted octanol–water partition coefficient (Wildman–Crippen LogP) is 4.55. The third-order valence-corrected chi connectivity index (χ3v) is 3.69. The Morgan fingerprint density at radius 2 is 2.00 bits per heavy atom. The number of anilines is 1. The molecule has 0 aromatic heterocycles. The minimum absolute atomic E-state index is 0.0498. The van der Waals surface area contributed by atoms with Crippen LogP contribution < -0.4 is 10.1 Å². The molecule has 0 saturated heterocycles. The van der Waals surface area contributed by atoms with E-state index in [4.69, 9.17) is 27.9 Å². The second-order valence-electron chi connectivity index (χ2n) is 4.53. The van der Waals surface area contributed by atoms with Crippen molar-refractivity contribution in [2.45, 2.75) is 0 Å². The van der Waals surface area contributed by atoms with Gasteiger partial charge in [-0.2, -0.15) is 5.26 Å². The van der Waals surface area contributed by atoms with Crippen LogP contribution in [0.4, 0.5) is 5.69 Å². The van der Waals surface area contributed by atoms with Crippen LogP contribution in [0.5, 0.6) is 5.75 Å². The second kappa shape index (κ2) is 7.68. The summed E-state index contributed by atoms with van der Waals surface area (Å²) in [6, 6.07) is 13.6. The molecule has 2 aromatic rings. The summed E-state index contributed by atoms with van der Waals surface area (Å²) in [5.74, 6) is 0.0848. The summed E-state index contributed by atoms with van der Waals surface area (Å²) in [6.07, 6.45) is 1.44. The van der Waals surface area contributed by atoms with Crippen LogP contribution in [0.2, 0.25) is 10.0 Å². The van der Waals surface area contributed by atoms with E-state index < -0.39 is 5.91 Å². The minimum Gasteiger partial charge on any atom is -0.497 e. The maximum atomic E-state index is 12.2. The van der Waals surface area contributed by atoms with E-state index in [-0.39, 0.29) is 5.57 Å². The molecule has 0 atom stereocenters. The van der Waals surface area contributed by atoms with E-state index >= 15 is 0 Å². The SMILES string of the molecule is COc1cccc(NC(=O)/C(C#N)=C/c2ccc(Cl)c(Cl)c2)c1. The van der Waals surface area contributed by atoms with E-state index in [1.54, 1.807) is 42.5 Å². The molecule has 0 unspecified atom stereocenters. The molecule has 0 aliphatic carbocycles. The lowest BCUT2D eigenvalue weighted by Crippen LogP contribution is -2.13. The molecule has 2 aromatic carbocycles. The first kappa shape index (κ1) is 16.9. The van der Waals surface area contributed by atoms with Gasteiger partial charge in [0.05, 0.1) is 17.2 Å². The first-order valence-corrected chi connectivity index (χ1v) is 7.31. The highest BCUT2D eigenvalue weighted by atomic mass is 35.5. The number of ether oxygens (including phenoxy) is 1. The van der Waals surface area contributed by atoms with Gasteiger partial charge >= 0.3 is 0 Å². The number of hydrogen-bond donors (Lipinski definition) is 1. The molecule has 0 aliphatic rings. The van der Waals surface area contributed by atoms with Crippen molar-refractivity contribution in [1.82, 2.24) is 0 Å². The first-order valence-electron chi connectivity index (χ1n) is 6.55. The Morgan fingerprint density at radius 1 is 1.22 bits per heavy atom. The molecular weight excluding hydrogens is 335 g/mol. The molecule has 4 nitrogen and oxygen atoms in total. The smallest absolute Gasteiger partial charge is 0.266 e. The molecule has 0 saturated carbocycles. The second-order valence-corrected chi connectivity index (χ2v) is 5.34. The summed E-state index contributed by atoms with van der Waals surface area (Å²) in [5.41, 5.74) is 1.09. The summed E-state index contributed by atoms with van der Waals surface area (Å²) < 4.78 is 5.09. The van der Waals surface area contributed by atoms with Gasteiger partial charge in [0.15, 0.2) is 0 Å². The number of nitrogens with zero attached hydrogens (tertiary/aromatic N) is 1. The van der Waals surface area contributed by atoms with Crippen molar-refractivity contribution in [3.63, 3.8) is 0 Å². The van der Waals surface area contributed by atoms with Crippen LogP contribution in [0.3, 0.4) is 0 Å². The molecule has 0 radical (unpaired) electrons. The Morgan fingerprint density at radius 3 is 2.65 bits per heavy atom. The maximum Gasteiger partial charge on any atom is 0.266 e. The number of halogens is 2. The summed E-state index contributed by atoms with van der Waals surface area (Å²) in [5, 5.41) is 12.6. The van der Waals surface area contributed by atoms with Crippen LogP contribution in [0.25, 0.3) is 6.08 Å². The van der Waals surface area contributed by atoms with Crippen LogP contribution in [0.1, 0.15) is 5.56 Å². The van der Waals surface area contributed by atoms with E-state index in [2.05, 4.69) is 5.32 Å². The summed E-state index contributed by atoms with van der Waals surface area (Å²) >= 11 is 11.8. The monoisotopic (exact) mass is 346 g/mol. The van der Waals surface area contributed by atoms with Gasteiger partial charge in [0.1, 0.15) is 17.4 Å². The fourth-order valence-electron chi connectivity index (χ4n) is 1.82. The highest BCUT2D eigenvalue weighted by Gasteiger charge is 2.10. The lowest BCUT2D eigenvalue weighted by molar-refractivity contribution is -0.112. The Labute approximate surface area is 143 Å². The van der Waals surface area contributed by atoms with E-state index in [0.717, 1.165) is 0 Å². The molecule has 116 valence electrons. The Balaban J connectivity index is 2.22. The number of amides is 1. The minimum atomic E-state index is -0.521. The fourth-order valence-corrected chi connectivity index (χ4v) is 2.12. The van der Waals surface area contributed by atoms with Crippen LogP contribution in [0, 0.1) is 11.3 Å². The zero-order chi connectivity index (χ0) is 16.8. The normalized spacial score (nSPS) is 10.8.